The second-order valence-electron chi connectivity index (χ2n) is 3.63. The summed E-state index contributed by atoms with van der Waals surface area (Å²) in [7, 11) is 1.43. The first-order valence-corrected chi connectivity index (χ1v) is 6.01. The van der Waals surface area contributed by atoms with Gasteiger partial charge in [0.1, 0.15) is 0 Å². The van der Waals surface area contributed by atoms with Crippen LogP contribution in [0.3, 0.4) is 0 Å². The Morgan fingerprint density at radius 2 is 2.24 bits per heavy atom. The molecular formula is C12H13FN2OS. The Hall–Kier alpha value is -1.46. The van der Waals surface area contributed by atoms with Crippen molar-refractivity contribution < 1.29 is 9.13 Å². The Labute approximate surface area is 103 Å². The van der Waals surface area contributed by atoms with Crippen LogP contribution in [0.2, 0.25) is 0 Å². The number of ether oxygens (including phenoxy) is 1. The third-order valence-electron chi connectivity index (χ3n) is 2.50. The van der Waals surface area contributed by atoms with Gasteiger partial charge in [-0.25, -0.2) is 9.37 Å². The predicted molar refractivity (Wildman–Crippen MR) is 65.8 cm³/mol. The van der Waals surface area contributed by atoms with Gasteiger partial charge in [0.05, 0.1) is 23.9 Å². The van der Waals surface area contributed by atoms with Gasteiger partial charge in [0, 0.05) is 10.9 Å². The zero-order chi connectivity index (χ0) is 12.4. The van der Waals surface area contributed by atoms with E-state index in [4.69, 9.17) is 10.5 Å². The number of hydrogen-bond donors (Lipinski definition) is 1. The third kappa shape index (κ3) is 2.30. The third-order valence-corrected chi connectivity index (χ3v) is 3.30. The van der Waals surface area contributed by atoms with Gasteiger partial charge in [0.25, 0.3) is 0 Å². The second kappa shape index (κ2) is 4.81. The minimum Gasteiger partial charge on any atom is -0.494 e. The van der Waals surface area contributed by atoms with E-state index in [1.54, 1.807) is 18.2 Å². The molecule has 0 spiro atoms. The number of rotatable bonds is 3. The molecule has 90 valence electrons. The van der Waals surface area contributed by atoms with E-state index in [0.29, 0.717) is 11.3 Å². The normalized spacial score (nSPS) is 12.5. The fourth-order valence-electron chi connectivity index (χ4n) is 1.61. The number of aromatic nitrogens is 1. The van der Waals surface area contributed by atoms with Crippen LogP contribution in [0.15, 0.2) is 23.6 Å². The van der Waals surface area contributed by atoms with Crippen molar-refractivity contribution in [3.05, 3.63) is 45.7 Å². The summed E-state index contributed by atoms with van der Waals surface area (Å²) in [5, 5.41) is 2.76. The average molecular weight is 252 g/mol. The summed E-state index contributed by atoms with van der Waals surface area (Å²) < 4.78 is 18.9. The van der Waals surface area contributed by atoms with Crippen LogP contribution in [0, 0.1) is 12.7 Å². The molecule has 1 aromatic carbocycles. The molecule has 0 aliphatic heterocycles. The zero-order valence-electron chi connectivity index (χ0n) is 9.61. The van der Waals surface area contributed by atoms with Gasteiger partial charge in [-0.05, 0) is 13.0 Å². The number of nitrogens with zero attached hydrogens (tertiary/aromatic N) is 1. The molecule has 2 aromatic rings. The lowest BCUT2D eigenvalue weighted by molar-refractivity contribution is 0.383. The molecule has 0 saturated carbocycles. The van der Waals surface area contributed by atoms with Crippen molar-refractivity contribution in [1.29, 1.82) is 0 Å². The molecule has 2 rings (SSSR count). The molecule has 0 bridgehead atoms. The summed E-state index contributed by atoms with van der Waals surface area (Å²) in [5.41, 5.74) is 7.08. The summed E-state index contributed by atoms with van der Waals surface area (Å²) in [6, 6.07) is 4.38. The Kier molecular flexibility index (Phi) is 3.40. The van der Waals surface area contributed by atoms with Crippen molar-refractivity contribution in [3.63, 3.8) is 0 Å². The molecule has 1 aromatic heterocycles. The number of benzene rings is 1. The number of thiazole rings is 1. The van der Waals surface area contributed by atoms with Gasteiger partial charge in [0.2, 0.25) is 0 Å². The second-order valence-corrected chi connectivity index (χ2v) is 4.69. The Morgan fingerprint density at radius 1 is 1.47 bits per heavy atom. The molecule has 0 aliphatic carbocycles. The van der Waals surface area contributed by atoms with E-state index in [0.717, 1.165) is 5.01 Å². The first-order valence-electron chi connectivity index (χ1n) is 5.13. The summed E-state index contributed by atoms with van der Waals surface area (Å²) >= 11 is 1.50. The molecule has 0 fully saturated rings. The molecule has 2 N–H and O–H groups in total. The van der Waals surface area contributed by atoms with Gasteiger partial charge in [-0.15, -0.1) is 11.3 Å². The summed E-state index contributed by atoms with van der Waals surface area (Å²) in [5.74, 6) is -0.224. The number of nitrogens with two attached hydrogens (primary N) is 1. The number of aryl methyl sites for hydroxylation is 1. The highest BCUT2D eigenvalue weighted by atomic mass is 32.1. The number of hydrogen-bond acceptors (Lipinski definition) is 4. The van der Waals surface area contributed by atoms with Crippen molar-refractivity contribution in [2.45, 2.75) is 13.0 Å². The highest BCUT2D eigenvalue weighted by Gasteiger charge is 2.18. The van der Waals surface area contributed by atoms with Gasteiger partial charge in [-0.1, -0.05) is 12.1 Å². The zero-order valence-corrected chi connectivity index (χ0v) is 10.4. The van der Waals surface area contributed by atoms with E-state index in [1.165, 1.54) is 18.4 Å². The van der Waals surface area contributed by atoms with E-state index < -0.39 is 11.9 Å². The molecule has 0 radical (unpaired) electrons. The van der Waals surface area contributed by atoms with Crippen LogP contribution in [0.25, 0.3) is 0 Å². The maximum atomic E-state index is 14.0. The van der Waals surface area contributed by atoms with Gasteiger partial charge < -0.3 is 10.5 Å². The summed E-state index contributed by atoms with van der Waals surface area (Å²) in [6.45, 7) is 1.89. The molecule has 1 atom stereocenters. The monoisotopic (exact) mass is 252 g/mol. The van der Waals surface area contributed by atoms with Crippen LogP contribution in [0.1, 0.15) is 22.3 Å². The van der Waals surface area contributed by atoms with Crippen LogP contribution in [-0.4, -0.2) is 12.1 Å². The lowest BCUT2D eigenvalue weighted by Crippen LogP contribution is -2.14. The van der Waals surface area contributed by atoms with Crippen molar-refractivity contribution in [1.82, 2.24) is 4.98 Å². The maximum absolute atomic E-state index is 14.0. The Morgan fingerprint density at radius 3 is 2.82 bits per heavy atom. The van der Waals surface area contributed by atoms with E-state index in [2.05, 4.69) is 4.98 Å². The molecule has 0 saturated heterocycles. The van der Waals surface area contributed by atoms with Crippen LogP contribution < -0.4 is 10.5 Å². The van der Waals surface area contributed by atoms with Crippen LogP contribution in [0.4, 0.5) is 4.39 Å². The topological polar surface area (TPSA) is 48.1 Å². The van der Waals surface area contributed by atoms with Gasteiger partial charge >= 0.3 is 0 Å². The maximum Gasteiger partial charge on any atom is 0.170 e. The highest BCUT2D eigenvalue weighted by molar-refractivity contribution is 7.09. The number of methoxy groups -OCH3 is 1. The van der Waals surface area contributed by atoms with Crippen molar-refractivity contribution in [2.24, 2.45) is 5.73 Å². The van der Waals surface area contributed by atoms with Gasteiger partial charge in [-0.3, -0.25) is 0 Å². The molecule has 1 heterocycles. The molecule has 0 aliphatic rings. The minimum atomic E-state index is -0.560. The highest BCUT2D eigenvalue weighted by Crippen LogP contribution is 2.28. The summed E-state index contributed by atoms with van der Waals surface area (Å²) in [4.78, 5) is 4.27. The molecular weight excluding hydrogens is 239 g/mol. The molecule has 0 amide bonds. The lowest BCUT2D eigenvalue weighted by atomic mass is 10.0. The molecule has 1 unspecified atom stereocenters. The van der Waals surface area contributed by atoms with E-state index in [1.807, 2.05) is 12.3 Å². The minimum absolute atomic E-state index is 0.199. The van der Waals surface area contributed by atoms with Crippen LogP contribution >= 0.6 is 11.3 Å². The van der Waals surface area contributed by atoms with E-state index >= 15 is 0 Å². The average Bonchev–Trinajstić information content (AvgIpc) is 2.75. The number of halogens is 1. The Balaban J connectivity index is 2.40. The quantitative estimate of drug-likeness (QED) is 0.913. The smallest absolute Gasteiger partial charge is 0.170 e. The van der Waals surface area contributed by atoms with E-state index in [9.17, 15) is 4.39 Å². The van der Waals surface area contributed by atoms with E-state index in [-0.39, 0.29) is 5.75 Å². The molecule has 3 nitrogen and oxygen atoms in total. The van der Waals surface area contributed by atoms with Crippen molar-refractivity contribution in [3.8, 4) is 5.75 Å². The molecule has 5 heteroatoms. The van der Waals surface area contributed by atoms with Gasteiger partial charge in [0.15, 0.2) is 11.6 Å². The molecule has 17 heavy (non-hydrogen) atoms. The Bertz CT molecular complexity index is 527. The van der Waals surface area contributed by atoms with Crippen molar-refractivity contribution >= 4 is 11.3 Å². The first-order chi connectivity index (χ1) is 8.13. The predicted octanol–water partition coefficient (Wildman–Crippen LogP) is 2.65. The first kappa shape index (κ1) is 12.0. The summed E-state index contributed by atoms with van der Waals surface area (Å²) in [6.07, 6.45) is 0. The fraction of sp³-hybridized carbons (Fsp3) is 0.250. The lowest BCUT2D eigenvalue weighted by Gasteiger charge is -2.12. The van der Waals surface area contributed by atoms with Gasteiger partial charge in [-0.2, -0.15) is 0 Å². The SMILES string of the molecule is COc1cccc(C(N)c2csc(C)n2)c1F. The largest absolute Gasteiger partial charge is 0.494 e. The fourth-order valence-corrected chi connectivity index (χ4v) is 2.26. The standard InChI is InChI=1S/C12H13FN2OS/c1-7-15-9(6-17-7)12(14)8-4-3-5-10(16-2)11(8)13/h3-6,12H,14H2,1-2H3. The van der Waals surface area contributed by atoms with Crippen molar-refractivity contribution in [2.75, 3.05) is 7.11 Å². The van der Waals surface area contributed by atoms with Crippen LogP contribution in [-0.2, 0) is 0 Å². The van der Waals surface area contributed by atoms with Crippen LogP contribution in [0.5, 0.6) is 5.75 Å².